The first-order valence-corrected chi connectivity index (χ1v) is 7.76. The summed E-state index contributed by atoms with van der Waals surface area (Å²) in [5.74, 6) is 0.940. The topological polar surface area (TPSA) is 29.5 Å². The maximum absolute atomic E-state index is 12.4. The molecule has 1 saturated carbocycles. The molecule has 3 nitrogen and oxygen atoms in total. The molecule has 0 radical (unpaired) electrons. The zero-order valence-electron chi connectivity index (χ0n) is 13.0. The summed E-state index contributed by atoms with van der Waals surface area (Å²) in [6, 6.07) is 0. The first-order valence-electron chi connectivity index (χ1n) is 7.76. The van der Waals surface area contributed by atoms with E-state index in [1.807, 2.05) is 0 Å². The highest BCUT2D eigenvalue weighted by molar-refractivity contribution is 5.78. The molecule has 1 aliphatic carbocycles. The second-order valence-electron chi connectivity index (χ2n) is 7.06. The van der Waals surface area contributed by atoms with Crippen LogP contribution >= 0.6 is 0 Å². The molecule has 19 heavy (non-hydrogen) atoms. The minimum Gasteiger partial charge on any atom is -0.469 e. The smallest absolute Gasteiger partial charge is 0.312 e. The third-order valence-corrected chi connectivity index (χ3v) is 5.68. The molecule has 0 amide bonds. The van der Waals surface area contributed by atoms with E-state index >= 15 is 0 Å². The summed E-state index contributed by atoms with van der Waals surface area (Å²) >= 11 is 0. The van der Waals surface area contributed by atoms with Crippen LogP contribution in [0.2, 0.25) is 0 Å². The zero-order valence-corrected chi connectivity index (χ0v) is 13.0. The molecule has 1 aliphatic heterocycles. The lowest BCUT2D eigenvalue weighted by molar-refractivity contribution is -0.166. The highest BCUT2D eigenvalue weighted by Crippen LogP contribution is 2.50. The molecule has 0 aromatic carbocycles. The SMILES string of the molecule is CCC(C)(C)C1(C(=O)OC)CCN(CC2CC2)CC1. The molecule has 110 valence electrons. The summed E-state index contributed by atoms with van der Waals surface area (Å²) in [5.41, 5.74) is -0.262. The second kappa shape index (κ2) is 5.43. The summed E-state index contributed by atoms with van der Waals surface area (Å²) in [6.07, 6.45) is 5.73. The molecule has 0 unspecified atom stereocenters. The molecule has 3 heteroatoms. The molecule has 0 aromatic heterocycles. The van der Waals surface area contributed by atoms with Gasteiger partial charge < -0.3 is 9.64 Å². The van der Waals surface area contributed by atoms with Crippen LogP contribution in [0, 0.1) is 16.7 Å². The predicted molar refractivity (Wildman–Crippen MR) is 76.9 cm³/mol. The van der Waals surface area contributed by atoms with E-state index in [0.29, 0.717) is 0 Å². The highest BCUT2D eigenvalue weighted by Gasteiger charge is 2.52. The molecule has 1 heterocycles. The molecule has 2 fully saturated rings. The lowest BCUT2D eigenvalue weighted by atomic mass is 9.59. The van der Waals surface area contributed by atoms with Crippen molar-refractivity contribution in [2.45, 2.75) is 52.9 Å². The van der Waals surface area contributed by atoms with E-state index in [1.165, 1.54) is 26.5 Å². The summed E-state index contributed by atoms with van der Waals surface area (Å²) in [4.78, 5) is 14.9. The van der Waals surface area contributed by atoms with Gasteiger partial charge in [0.25, 0.3) is 0 Å². The lowest BCUT2D eigenvalue weighted by Crippen LogP contribution is -2.52. The second-order valence-corrected chi connectivity index (χ2v) is 7.06. The van der Waals surface area contributed by atoms with Gasteiger partial charge in [-0.25, -0.2) is 0 Å². The van der Waals surface area contributed by atoms with Crippen molar-refractivity contribution >= 4 is 5.97 Å². The molecular formula is C16H29NO2. The number of likely N-dealkylation sites (tertiary alicyclic amines) is 1. The van der Waals surface area contributed by atoms with E-state index in [1.54, 1.807) is 0 Å². The van der Waals surface area contributed by atoms with Crippen LogP contribution in [0.15, 0.2) is 0 Å². The Morgan fingerprint density at radius 2 is 1.89 bits per heavy atom. The van der Waals surface area contributed by atoms with Crippen molar-refractivity contribution in [3.05, 3.63) is 0 Å². The number of nitrogens with zero attached hydrogens (tertiary/aromatic N) is 1. The first kappa shape index (κ1) is 14.8. The number of piperidine rings is 1. The average Bonchev–Trinajstić information content (AvgIpc) is 3.22. The molecule has 2 aliphatic rings. The number of ether oxygens (including phenoxy) is 1. The normalized spacial score (nSPS) is 24.2. The number of carbonyl (C=O) groups is 1. The van der Waals surface area contributed by atoms with Gasteiger partial charge in [0.2, 0.25) is 0 Å². The Morgan fingerprint density at radius 1 is 1.32 bits per heavy atom. The Bertz CT molecular complexity index is 326. The van der Waals surface area contributed by atoms with Crippen LogP contribution in [0.5, 0.6) is 0 Å². The molecule has 0 aromatic rings. The number of methoxy groups -OCH3 is 1. The van der Waals surface area contributed by atoms with Crippen LogP contribution in [0.4, 0.5) is 0 Å². The quantitative estimate of drug-likeness (QED) is 0.717. The standard InChI is InChI=1S/C16H29NO2/c1-5-15(2,3)16(14(18)19-4)8-10-17(11-9-16)12-13-6-7-13/h13H,5-12H2,1-4H3. The van der Waals surface area contributed by atoms with E-state index in [-0.39, 0.29) is 16.8 Å². The number of esters is 1. The Balaban J connectivity index is 2.06. The average molecular weight is 267 g/mol. The maximum atomic E-state index is 12.4. The van der Waals surface area contributed by atoms with Crippen molar-refractivity contribution in [3.8, 4) is 0 Å². The van der Waals surface area contributed by atoms with Gasteiger partial charge in [-0.3, -0.25) is 4.79 Å². The van der Waals surface area contributed by atoms with Gasteiger partial charge in [0.1, 0.15) is 0 Å². The van der Waals surface area contributed by atoms with Crippen molar-refractivity contribution in [1.82, 2.24) is 4.90 Å². The third kappa shape index (κ3) is 2.81. The number of carbonyl (C=O) groups excluding carboxylic acids is 1. The molecule has 2 rings (SSSR count). The Morgan fingerprint density at radius 3 is 2.32 bits per heavy atom. The van der Waals surface area contributed by atoms with Gasteiger partial charge in [0.05, 0.1) is 12.5 Å². The van der Waals surface area contributed by atoms with Gasteiger partial charge in [-0.05, 0) is 56.5 Å². The van der Waals surface area contributed by atoms with Crippen LogP contribution in [0.1, 0.15) is 52.9 Å². The van der Waals surface area contributed by atoms with Crippen molar-refractivity contribution in [1.29, 1.82) is 0 Å². The minimum atomic E-state index is -0.281. The molecule has 0 atom stereocenters. The number of rotatable bonds is 5. The maximum Gasteiger partial charge on any atom is 0.312 e. The molecule has 1 saturated heterocycles. The van der Waals surface area contributed by atoms with Gasteiger partial charge >= 0.3 is 5.97 Å². The van der Waals surface area contributed by atoms with Gasteiger partial charge in [0, 0.05) is 6.54 Å². The molecule has 0 spiro atoms. The van der Waals surface area contributed by atoms with Crippen LogP contribution < -0.4 is 0 Å². The van der Waals surface area contributed by atoms with Crippen molar-refractivity contribution in [2.24, 2.45) is 16.7 Å². The van der Waals surface area contributed by atoms with E-state index < -0.39 is 0 Å². The van der Waals surface area contributed by atoms with Crippen LogP contribution in [-0.2, 0) is 9.53 Å². The van der Waals surface area contributed by atoms with Crippen molar-refractivity contribution in [3.63, 3.8) is 0 Å². The van der Waals surface area contributed by atoms with Crippen LogP contribution in [0.3, 0.4) is 0 Å². The van der Waals surface area contributed by atoms with Crippen LogP contribution in [-0.4, -0.2) is 37.6 Å². The lowest BCUT2D eigenvalue weighted by Gasteiger charge is -2.49. The van der Waals surface area contributed by atoms with Gasteiger partial charge in [-0.15, -0.1) is 0 Å². The van der Waals surface area contributed by atoms with Gasteiger partial charge in [-0.2, -0.15) is 0 Å². The van der Waals surface area contributed by atoms with Gasteiger partial charge in [-0.1, -0.05) is 20.8 Å². The van der Waals surface area contributed by atoms with Crippen molar-refractivity contribution < 1.29 is 9.53 Å². The third-order valence-electron chi connectivity index (χ3n) is 5.68. The largest absolute Gasteiger partial charge is 0.469 e. The predicted octanol–water partition coefficient (Wildman–Crippen LogP) is 3.09. The van der Waals surface area contributed by atoms with Crippen LogP contribution in [0.25, 0.3) is 0 Å². The van der Waals surface area contributed by atoms with Crippen molar-refractivity contribution in [2.75, 3.05) is 26.7 Å². The van der Waals surface area contributed by atoms with E-state index in [4.69, 9.17) is 4.74 Å². The summed E-state index contributed by atoms with van der Waals surface area (Å²) < 4.78 is 5.15. The summed E-state index contributed by atoms with van der Waals surface area (Å²) in [5, 5.41) is 0. The molecule has 0 bridgehead atoms. The fourth-order valence-electron chi connectivity index (χ4n) is 3.47. The molecular weight excluding hydrogens is 238 g/mol. The Hall–Kier alpha value is -0.570. The van der Waals surface area contributed by atoms with E-state index in [9.17, 15) is 4.79 Å². The Labute approximate surface area is 117 Å². The van der Waals surface area contributed by atoms with E-state index in [2.05, 4.69) is 25.7 Å². The zero-order chi connectivity index (χ0) is 14.1. The first-order chi connectivity index (χ1) is 8.95. The Kier molecular flexibility index (Phi) is 4.24. The van der Waals surface area contributed by atoms with E-state index in [0.717, 1.165) is 38.3 Å². The molecule has 0 N–H and O–H groups in total. The number of hydrogen-bond donors (Lipinski definition) is 0. The summed E-state index contributed by atoms with van der Waals surface area (Å²) in [7, 11) is 1.53. The number of hydrogen-bond acceptors (Lipinski definition) is 3. The fraction of sp³-hybridized carbons (Fsp3) is 0.938. The summed E-state index contributed by atoms with van der Waals surface area (Å²) in [6.45, 7) is 9.97. The van der Waals surface area contributed by atoms with Gasteiger partial charge in [0.15, 0.2) is 0 Å². The fourth-order valence-corrected chi connectivity index (χ4v) is 3.47. The monoisotopic (exact) mass is 267 g/mol. The minimum absolute atomic E-state index is 0.00502. The highest BCUT2D eigenvalue weighted by atomic mass is 16.5.